The summed E-state index contributed by atoms with van der Waals surface area (Å²) in [4.78, 5) is 6.09. The van der Waals surface area contributed by atoms with Gasteiger partial charge in [0.2, 0.25) is 0 Å². The van der Waals surface area contributed by atoms with Crippen LogP contribution >= 0.6 is 11.6 Å². The molecule has 0 atom stereocenters. The lowest BCUT2D eigenvalue weighted by Crippen LogP contribution is -2.25. The number of sulfone groups is 1. The predicted octanol–water partition coefficient (Wildman–Crippen LogP) is 1.30. The van der Waals surface area contributed by atoms with E-state index in [0.29, 0.717) is 12.4 Å². The van der Waals surface area contributed by atoms with Crippen LogP contribution in [-0.2, 0) is 15.7 Å². The van der Waals surface area contributed by atoms with Crippen LogP contribution in [0.25, 0.3) is 0 Å². The number of hydrogen-bond acceptors (Lipinski definition) is 4. The number of pyridine rings is 1. The smallest absolute Gasteiger partial charge is 0.149 e. The summed E-state index contributed by atoms with van der Waals surface area (Å²) in [6.45, 7) is 0.428. The number of nitrogens with zero attached hydrogens (tertiary/aromatic N) is 2. The first-order valence-electron chi connectivity index (χ1n) is 4.83. The average Bonchev–Trinajstić information content (AvgIpc) is 2.25. The third-order valence-electron chi connectivity index (χ3n) is 2.12. The summed E-state index contributed by atoms with van der Waals surface area (Å²) < 4.78 is 22.0. The van der Waals surface area contributed by atoms with Gasteiger partial charge >= 0.3 is 0 Å². The van der Waals surface area contributed by atoms with Gasteiger partial charge < -0.3 is 4.90 Å². The predicted molar refractivity (Wildman–Crippen MR) is 66.8 cm³/mol. The van der Waals surface area contributed by atoms with Crippen LogP contribution in [0.15, 0.2) is 18.2 Å². The first-order chi connectivity index (χ1) is 7.42. The Kier molecular flexibility index (Phi) is 4.56. The summed E-state index contributed by atoms with van der Waals surface area (Å²) in [5, 5.41) is 0. The minimum absolute atomic E-state index is 0.121. The monoisotopic (exact) mass is 262 g/mol. The fourth-order valence-corrected chi connectivity index (χ4v) is 1.93. The molecule has 0 aromatic carbocycles. The Labute approximate surface area is 101 Å². The fourth-order valence-electron chi connectivity index (χ4n) is 1.17. The highest BCUT2D eigenvalue weighted by atomic mass is 35.5. The molecule has 4 nitrogen and oxygen atoms in total. The van der Waals surface area contributed by atoms with Crippen LogP contribution in [0, 0.1) is 0 Å². The molecular weight excluding hydrogens is 248 g/mol. The summed E-state index contributed by atoms with van der Waals surface area (Å²) in [5.74, 6) is 1.21. The van der Waals surface area contributed by atoms with Crippen molar-refractivity contribution < 1.29 is 8.42 Å². The number of rotatable bonds is 5. The van der Waals surface area contributed by atoms with Gasteiger partial charge in [0.1, 0.15) is 15.7 Å². The molecule has 1 rings (SSSR count). The number of anilines is 1. The Morgan fingerprint density at radius 2 is 2.12 bits per heavy atom. The Bertz CT molecular complexity index is 448. The molecule has 16 heavy (non-hydrogen) atoms. The lowest BCUT2D eigenvalue weighted by atomic mass is 10.3. The first kappa shape index (κ1) is 13.3. The van der Waals surface area contributed by atoms with Crippen LogP contribution in [0.1, 0.15) is 5.69 Å². The molecule has 0 aliphatic carbocycles. The maximum atomic E-state index is 11.0. The van der Waals surface area contributed by atoms with E-state index in [2.05, 4.69) is 4.98 Å². The van der Waals surface area contributed by atoms with Crippen LogP contribution in [0.4, 0.5) is 5.82 Å². The number of alkyl halides is 1. The zero-order valence-electron chi connectivity index (χ0n) is 9.35. The van der Waals surface area contributed by atoms with Gasteiger partial charge in [-0.3, -0.25) is 0 Å². The third kappa shape index (κ3) is 4.37. The molecule has 6 heteroatoms. The lowest BCUT2D eigenvalue weighted by Gasteiger charge is -2.17. The molecule has 0 aliphatic heterocycles. The number of hydrogen-bond donors (Lipinski definition) is 0. The highest BCUT2D eigenvalue weighted by Gasteiger charge is 2.07. The second kappa shape index (κ2) is 5.50. The van der Waals surface area contributed by atoms with Crippen LogP contribution in [-0.4, -0.2) is 39.0 Å². The van der Waals surface area contributed by atoms with Crippen molar-refractivity contribution in [2.24, 2.45) is 0 Å². The van der Waals surface area contributed by atoms with Crippen molar-refractivity contribution in [2.45, 2.75) is 5.88 Å². The lowest BCUT2D eigenvalue weighted by molar-refractivity contribution is 0.601. The van der Waals surface area contributed by atoms with Crippen molar-refractivity contribution >= 4 is 27.3 Å². The summed E-state index contributed by atoms with van der Waals surface area (Å²) in [7, 11) is -1.13. The van der Waals surface area contributed by atoms with E-state index in [9.17, 15) is 8.42 Å². The normalized spacial score (nSPS) is 11.4. The SMILES string of the molecule is CN(CCS(C)(=O)=O)c1cccc(CCl)n1. The number of halogens is 1. The maximum absolute atomic E-state index is 11.0. The van der Waals surface area contributed by atoms with E-state index in [4.69, 9.17) is 11.6 Å². The molecule has 0 bridgehead atoms. The molecule has 0 amide bonds. The van der Waals surface area contributed by atoms with Gasteiger partial charge in [0, 0.05) is 19.8 Å². The molecule has 90 valence electrons. The van der Waals surface area contributed by atoms with Crippen LogP contribution in [0.5, 0.6) is 0 Å². The summed E-state index contributed by atoms with van der Waals surface area (Å²) >= 11 is 5.68. The number of aromatic nitrogens is 1. The van der Waals surface area contributed by atoms with Crippen molar-refractivity contribution in [3.63, 3.8) is 0 Å². The largest absolute Gasteiger partial charge is 0.359 e. The van der Waals surface area contributed by atoms with Crippen LogP contribution < -0.4 is 4.90 Å². The van der Waals surface area contributed by atoms with E-state index in [0.717, 1.165) is 11.5 Å². The van der Waals surface area contributed by atoms with Crippen molar-refractivity contribution in [1.29, 1.82) is 0 Å². The molecule has 1 heterocycles. The molecule has 1 aromatic heterocycles. The summed E-state index contributed by atoms with van der Waals surface area (Å²) in [5.41, 5.74) is 0.783. The Hall–Kier alpha value is -0.810. The van der Waals surface area contributed by atoms with E-state index in [-0.39, 0.29) is 5.75 Å². The Morgan fingerprint density at radius 3 is 2.69 bits per heavy atom. The third-order valence-corrected chi connectivity index (χ3v) is 3.32. The quantitative estimate of drug-likeness (QED) is 0.751. The second-order valence-electron chi connectivity index (χ2n) is 3.67. The molecule has 1 aromatic rings. The molecule has 0 aliphatic rings. The van der Waals surface area contributed by atoms with Crippen molar-refractivity contribution in [3.05, 3.63) is 23.9 Å². The van der Waals surface area contributed by atoms with E-state index in [1.807, 2.05) is 25.2 Å². The zero-order valence-corrected chi connectivity index (χ0v) is 10.9. The van der Waals surface area contributed by atoms with E-state index in [1.54, 1.807) is 4.90 Å². The molecule has 0 N–H and O–H groups in total. The van der Waals surface area contributed by atoms with Crippen molar-refractivity contribution in [3.8, 4) is 0 Å². The average molecular weight is 263 g/mol. The van der Waals surface area contributed by atoms with Gasteiger partial charge in [-0.15, -0.1) is 11.6 Å². The molecule has 0 radical (unpaired) electrons. The maximum Gasteiger partial charge on any atom is 0.149 e. The van der Waals surface area contributed by atoms with Gasteiger partial charge in [-0.2, -0.15) is 0 Å². The van der Waals surface area contributed by atoms with E-state index < -0.39 is 9.84 Å². The first-order valence-corrected chi connectivity index (χ1v) is 7.42. The van der Waals surface area contributed by atoms with E-state index in [1.165, 1.54) is 6.26 Å². The second-order valence-corrected chi connectivity index (χ2v) is 6.20. The zero-order chi connectivity index (χ0) is 12.2. The summed E-state index contributed by atoms with van der Waals surface area (Å²) in [6.07, 6.45) is 1.23. The molecule has 0 unspecified atom stereocenters. The topological polar surface area (TPSA) is 50.3 Å². The Morgan fingerprint density at radius 1 is 1.44 bits per heavy atom. The summed E-state index contributed by atoms with van der Waals surface area (Å²) in [6, 6.07) is 5.52. The Balaban J connectivity index is 2.69. The van der Waals surface area contributed by atoms with Gasteiger partial charge in [0.05, 0.1) is 17.3 Å². The minimum atomic E-state index is -2.94. The van der Waals surface area contributed by atoms with Crippen molar-refractivity contribution in [2.75, 3.05) is 30.5 Å². The van der Waals surface area contributed by atoms with E-state index >= 15 is 0 Å². The van der Waals surface area contributed by atoms with Gasteiger partial charge in [0.25, 0.3) is 0 Å². The highest BCUT2D eigenvalue weighted by Crippen LogP contribution is 2.10. The molecule has 0 fully saturated rings. The molecule has 0 saturated heterocycles. The molecular formula is C10H15ClN2O2S. The molecule has 0 spiro atoms. The van der Waals surface area contributed by atoms with Gasteiger partial charge in [0.15, 0.2) is 0 Å². The van der Waals surface area contributed by atoms with Crippen molar-refractivity contribution in [1.82, 2.24) is 4.98 Å². The highest BCUT2D eigenvalue weighted by molar-refractivity contribution is 7.90. The molecule has 0 saturated carbocycles. The fraction of sp³-hybridized carbons (Fsp3) is 0.500. The minimum Gasteiger partial charge on any atom is -0.359 e. The van der Waals surface area contributed by atoms with Gasteiger partial charge in [-0.25, -0.2) is 13.4 Å². The van der Waals surface area contributed by atoms with Gasteiger partial charge in [-0.05, 0) is 12.1 Å². The van der Waals surface area contributed by atoms with Crippen LogP contribution in [0.2, 0.25) is 0 Å². The van der Waals surface area contributed by atoms with Crippen LogP contribution in [0.3, 0.4) is 0 Å². The van der Waals surface area contributed by atoms with Gasteiger partial charge in [-0.1, -0.05) is 6.07 Å². The standard InChI is InChI=1S/C10H15ClN2O2S/c1-13(6-7-16(2,14)15)10-5-3-4-9(8-11)12-10/h3-5H,6-8H2,1-2H3.